The van der Waals surface area contributed by atoms with E-state index in [0.717, 1.165) is 4.88 Å². The lowest BCUT2D eigenvalue weighted by Crippen LogP contribution is -1.78. The van der Waals surface area contributed by atoms with Crippen LogP contribution in [0.15, 0.2) is 23.1 Å². The third-order valence-corrected chi connectivity index (χ3v) is 2.92. The molecule has 1 aromatic heterocycles. The van der Waals surface area contributed by atoms with Crippen LogP contribution < -0.4 is 0 Å². The molecule has 0 fully saturated rings. The monoisotopic (exact) mass is 197 g/mol. The van der Waals surface area contributed by atoms with Crippen LogP contribution in [0.3, 0.4) is 0 Å². The highest BCUT2D eigenvalue weighted by molar-refractivity contribution is 7.12. The summed E-state index contributed by atoms with van der Waals surface area (Å²) in [6.07, 6.45) is 0.688. The van der Waals surface area contributed by atoms with Crippen molar-refractivity contribution in [1.82, 2.24) is 0 Å². The second-order valence-corrected chi connectivity index (χ2v) is 3.56. The Hall–Kier alpha value is -0.780. The fourth-order valence-corrected chi connectivity index (χ4v) is 1.90. The van der Waals surface area contributed by atoms with Crippen molar-refractivity contribution in [3.63, 3.8) is 0 Å². The van der Waals surface area contributed by atoms with E-state index < -0.39 is 0 Å². The molecule has 0 aliphatic heterocycles. The third-order valence-electron chi connectivity index (χ3n) is 1.49. The zero-order valence-electron chi connectivity index (χ0n) is 6.67. The number of hydrogen-bond donors (Lipinski definition) is 0. The maximum atomic E-state index is 8.71. The van der Waals surface area contributed by atoms with Gasteiger partial charge in [0.15, 0.2) is 0 Å². The van der Waals surface area contributed by atoms with Crippen molar-refractivity contribution >= 4 is 28.0 Å². The molecule has 0 amide bonds. The zero-order chi connectivity index (χ0) is 8.97. The largest absolute Gasteiger partial charge is 0.193 e. The minimum absolute atomic E-state index is 0.593. The molecule has 0 aliphatic rings. The maximum Gasteiger partial charge on any atom is 0.0963 e. The van der Waals surface area contributed by atoms with E-state index in [4.69, 9.17) is 16.9 Å². The number of rotatable bonds is 2. The molecule has 0 N–H and O–H groups in total. The van der Waals surface area contributed by atoms with Crippen LogP contribution in [0, 0.1) is 11.3 Å². The standard InChI is InChI=1S/C9H8ClNS/c1-2-7(6-11)9(10)8-4-3-5-12-8/h3-5H,2H2,1H3. The van der Waals surface area contributed by atoms with Crippen LogP contribution in [-0.4, -0.2) is 0 Å². The van der Waals surface area contributed by atoms with E-state index >= 15 is 0 Å². The van der Waals surface area contributed by atoms with Gasteiger partial charge in [-0.3, -0.25) is 0 Å². The molecular weight excluding hydrogens is 190 g/mol. The molecule has 62 valence electrons. The van der Waals surface area contributed by atoms with Crippen LogP contribution in [0.4, 0.5) is 0 Å². The van der Waals surface area contributed by atoms with Gasteiger partial charge in [-0.25, -0.2) is 0 Å². The smallest absolute Gasteiger partial charge is 0.0963 e. The summed E-state index contributed by atoms with van der Waals surface area (Å²) in [5.41, 5.74) is 0.652. The Morgan fingerprint density at radius 3 is 2.92 bits per heavy atom. The summed E-state index contributed by atoms with van der Waals surface area (Å²) in [6.45, 7) is 1.93. The highest BCUT2D eigenvalue weighted by atomic mass is 35.5. The van der Waals surface area contributed by atoms with E-state index in [0.29, 0.717) is 17.0 Å². The second kappa shape index (κ2) is 4.30. The SMILES string of the molecule is CCC(C#N)=C(Cl)c1cccs1. The van der Waals surface area contributed by atoms with Crippen LogP contribution in [0.25, 0.3) is 5.03 Å². The quantitative estimate of drug-likeness (QED) is 0.665. The molecule has 1 aromatic rings. The minimum atomic E-state index is 0.593. The highest BCUT2D eigenvalue weighted by Gasteiger charge is 2.04. The molecule has 3 heteroatoms. The van der Waals surface area contributed by atoms with Gasteiger partial charge in [-0.15, -0.1) is 11.3 Å². The van der Waals surface area contributed by atoms with Crippen LogP contribution in [-0.2, 0) is 0 Å². The van der Waals surface area contributed by atoms with E-state index in [2.05, 4.69) is 6.07 Å². The van der Waals surface area contributed by atoms with Crippen molar-refractivity contribution < 1.29 is 0 Å². The second-order valence-electron chi connectivity index (χ2n) is 2.24. The van der Waals surface area contributed by atoms with E-state index in [1.165, 1.54) is 0 Å². The predicted molar refractivity (Wildman–Crippen MR) is 53.0 cm³/mol. The maximum absolute atomic E-state index is 8.71. The first-order valence-corrected chi connectivity index (χ1v) is 4.88. The molecule has 0 unspecified atom stereocenters. The van der Waals surface area contributed by atoms with Gasteiger partial charge in [0.1, 0.15) is 0 Å². The van der Waals surface area contributed by atoms with Gasteiger partial charge >= 0.3 is 0 Å². The van der Waals surface area contributed by atoms with Crippen molar-refractivity contribution in [2.75, 3.05) is 0 Å². The Balaban J connectivity index is 3.05. The average Bonchev–Trinajstić information content (AvgIpc) is 2.58. The number of halogens is 1. The first-order valence-electron chi connectivity index (χ1n) is 3.62. The van der Waals surface area contributed by atoms with Gasteiger partial charge in [-0.2, -0.15) is 5.26 Å². The van der Waals surface area contributed by atoms with E-state index in [9.17, 15) is 0 Å². The van der Waals surface area contributed by atoms with Crippen molar-refractivity contribution in [1.29, 1.82) is 5.26 Å². The molecule has 0 saturated carbocycles. The Morgan fingerprint density at radius 1 is 1.75 bits per heavy atom. The number of allylic oxidation sites excluding steroid dienone is 1. The Bertz CT molecular complexity index is 319. The van der Waals surface area contributed by atoms with Gasteiger partial charge < -0.3 is 0 Å². The molecular formula is C9H8ClNS. The summed E-state index contributed by atoms with van der Waals surface area (Å²) < 4.78 is 0. The predicted octanol–water partition coefficient (Wildman–Crippen LogP) is 3.63. The van der Waals surface area contributed by atoms with Crippen molar-refractivity contribution in [2.24, 2.45) is 0 Å². The molecule has 1 nitrogen and oxygen atoms in total. The lowest BCUT2D eigenvalue weighted by Gasteiger charge is -1.96. The fourth-order valence-electron chi connectivity index (χ4n) is 0.836. The van der Waals surface area contributed by atoms with Gasteiger partial charge in [0.2, 0.25) is 0 Å². The zero-order valence-corrected chi connectivity index (χ0v) is 8.25. The summed E-state index contributed by atoms with van der Waals surface area (Å²) in [6, 6.07) is 5.93. The van der Waals surface area contributed by atoms with Gasteiger partial charge in [-0.05, 0) is 17.9 Å². The molecule has 0 radical (unpaired) electrons. The molecule has 1 rings (SSSR count). The van der Waals surface area contributed by atoms with E-state index in [-0.39, 0.29) is 0 Å². The number of nitriles is 1. The molecule has 0 aliphatic carbocycles. The summed E-state index contributed by atoms with van der Waals surface area (Å²) in [7, 11) is 0. The molecule has 0 bridgehead atoms. The van der Waals surface area contributed by atoms with Gasteiger partial charge in [0, 0.05) is 10.5 Å². The summed E-state index contributed by atoms with van der Waals surface area (Å²) in [5.74, 6) is 0. The third kappa shape index (κ3) is 1.88. The summed E-state index contributed by atoms with van der Waals surface area (Å²) in [5, 5.41) is 11.2. The van der Waals surface area contributed by atoms with Crippen LogP contribution >= 0.6 is 22.9 Å². The lowest BCUT2D eigenvalue weighted by molar-refractivity contribution is 1.16. The van der Waals surface area contributed by atoms with Crippen molar-refractivity contribution in [2.45, 2.75) is 13.3 Å². The number of hydrogen-bond acceptors (Lipinski definition) is 2. The van der Waals surface area contributed by atoms with Crippen molar-refractivity contribution in [3.8, 4) is 6.07 Å². The van der Waals surface area contributed by atoms with Crippen LogP contribution in [0.2, 0.25) is 0 Å². The van der Waals surface area contributed by atoms with Gasteiger partial charge in [0.25, 0.3) is 0 Å². The van der Waals surface area contributed by atoms with Gasteiger partial charge in [0.05, 0.1) is 11.1 Å². The molecule has 1 heterocycles. The highest BCUT2D eigenvalue weighted by Crippen LogP contribution is 2.27. The number of nitrogens with zero attached hydrogens (tertiary/aromatic N) is 1. The normalized spacial score (nSPS) is 12.1. The Labute approximate surface area is 80.9 Å². The number of thiophene rings is 1. The first kappa shape index (κ1) is 9.31. The average molecular weight is 198 g/mol. The summed E-state index contributed by atoms with van der Waals surface area (Å²) >= 11 is 7.53. The molecule has 0 aromatic carbocycles. The molecule has 0 atom stereocenters. The van der Waals surface area contributed by atoms with Crippen molar-refractivity contribution in [3.05, 3.63) is 28.0 Å². The van der Waals surface area contributed by atoms with E-state index in [1.807, 2.05) is 24.4 Å². The Kier molecular flexibility index (Phi) is 3.33. The molecule has 12 heavy (non-hydrogen) atoms. The lowest BCUT2D eigenvalue weighted by atomic mass is 10.2. The first-order chi connectivity index (χ1) is 5.79. The van der Waals surface area contributed by atoms with Crippen LogP contribution in [0.1, 0.15) is 18.2 Å². The summed E-state index contributed by atoms with van der Waals surface area (Å²) in [4.78, 5) is 0.968. The van der Waals surface area contributed by atoms with Gasteiger partial charge in [-0.1, -0.05) is 24.6 Å². The molecule has 0 saturated heterocycles. The topological polar surface area (TPSA) is 23.8 Å². The Morgan fingerprint density at radius 2 is 2.50 bits per heavy atom. The minimum Gasteiger partial charge on any atom is -0.193 e. The van der Waals surface area contributed by atoms with Crippen LogP contribution in [0.5, 0.6) is 0 Å². The fraction of sp³-hybridized carbons (Fsp3) is 0.222. The van der Waals surface area contributed by atoms with E-state index in [1.54, 1.807) is 11.3 Å². The molecule has 0 spiro atoms.